The van der Waals surface area contributed by atoms with E-state index in [1.807, 2.05) is 36.8 Å². The summed E-state index contributed by atoms with van der Waals surface area (Å²) in [5.41, 5.74) is 10.4. The van der Waals surface area contributed by atoms with Crippen LogP contribution in [0.4, 0.5) is 51.6 Å². The molecule has 0 bridgehead atoms. The van der Waals surface area contributed by atoms with Gasteiger partial charge in [0.05, 0.1) is 30.0 Å². The van der Waals surface area contributed by atoms with Gasteiger partial charge < -0.3 is 0 Å². The number of nitrogens with zero attached hydrogens (tertiary/aromatic N) is 9. The third-order valence-electron chi connectivity index (χ3n) is 11.8. The Morgan fingerprint density at radius 2 is 0.774 bits per heavy atom. The van der Waals surface area contributed by atoms with E-state index in [1.165, 1.54) is 22.3 Å². The molecule has 9 nitrogen and oxygen atoms in total. The molecule has 62 heavy (non-hydrogen) atoms. The highest BCUT2D eigenvalue weighted by Crippen LogP contribution is 2.56. The normalized spacial score (nSPS) is 12.5. The van der Waals surface area contributed by atoms with Gasteiger partial charge in [0.2, 0.25) is 0 Å². The monoisotopic (exact) mass is 801 g/mol. The molecule has 0 saturated heterocycles. The van der Waals surface area contributed by atoms with Gasteiger partial charge in [0.15, 0.2) is 17.5 Å². The Morgan fingerprint density at radius 3 is 1.24 bits per heavy atom. The molecule has 0 radical (unpaired) electrons. The second-order valence-corrected chi connectivity index (χ2v) is 15.7. The van der Waals surface area contributed by atoms with E-state index in [1.54, 1.807) is 37.2 Å². The van der Waals surface area contributed by atoms with E-state index in [0.717, 1.165) is 61.5 Å². The maximum absolute atomic E-state index is 4.93. The first-order chi connectivity index (χ1) is 30.6. The molecule has 296 valence electrons. The van der Waals surface area contributed by atoms with Gasteiger partial charge in [-0.15, -0.1) is 0 Å². The molecule has 3 aromatic heterocycles. The van der Waals surface area contributed by atoms with Crippen molar-refractivity contribution in [3.8, 4) is 11.1 Å². The summed E-state index contributed by atoms with van der Waals surface area (Å²) in [6, 6.07) is 51.5. The summed E-state index contributed by atoms with van der Waals surface area (Å²) >= 11 is 0. The highest BCUT2D eigenvalue weighted by atomic mass is 15.2. The highest BCUT2D eigenvalue weighted by molar-refractivity contribution is 6.24. The number of aromatic nitrogens is 6. The number of hydrogen-bond acceptors (Lipinski definition) is 9. The molecule has 0 atom stereocenters. The largest absolute Gasteiger partial charge is 0.294 e. The summed E-state index contributed by atoms with van der Waals surface area (Å²) < 4.78 is 0. The van der Waals surface area contributed by atoms with Gasteiger partial charge in [-0.25, -0.2) is 15.0 Å². The lowest BCUT2D eigenvalue weighted by Gasteiger charge is -2.32. The molecule has 0 aliphatic heterocycles. The van der Waals surface area contributed by atoms with Gasteiger partial charge in [0, 0.05) is 86.9 Å². The predicted octanol–water partition coefficient (Wildman–Crippen LogP) is 13.1. The van der Waals surface area contributed by atoms with Crippen LogP contribution in [-0.4, -0.2) is 29.9 Å². The molecule has 3 heterocycles. The zero-order valence-corrected chi connectivity index (χ0v) is 34.1. The van der Waals surface area contributed by atoms with Crippen LogP contribution >= 0.6 is 0 Å². The van der Waals surface area contributed by atoms with Crippen LogP contribution in [0.1, 0.15) is 25.0 Å². The number of hydrogen-bond donors (Lipinski definition) is 0. The highest BCUT2D eigenvalue weighted by Gasteiger charge is 2.38. The van der Waals surface area contributed by atoms with Gasteiger partial charge in [-0.1, -0.05) is 98.8 Å². The van der Waals surface area contributed by atoms with E-state index in [9.17, 15) is 0 Å². The Labute approximate surface area is 359 Å². The first-order valence-electron chi connectivity index (χ1n) is 20.6. The van der Waals surface area contributed by atoms with E-state index in [4.69, 9.17) is 15.0 Å². The van der Waals surface area contributed by atoms with Gasteiger partial charge >= 0.3 is 0 Å². The van der Waals surface area contributed by atoms with E-state index in [-0.39, 0.29) is 0 Å². The second kappa shape index (κ2) is 15.1. The fourth-order valence-electron chi connectivity index (χ4n) is 9.08. The Hall–Kier alpha value is -8.30. The maximum atomic E-state index is 4.93. The summed E-state index contributed by atoms with van der Waals surface area (Å²) in [5, 5.41) is 4.20. The molecular formula is C53H39N9. The van der Waals surface area contributed by atoms with Crippen molar-refractivity contribution < 1.29 is 0 Å². The summed E-state index contributed by atoms with van der Waals surface area (Å²) in [6.45, 7) is 4.66. The van der Waals surface area contributed by atoms with Crippen LogP contribution < -0.4 is 14.7 Å². The Morgan fingerprint density at radius 1 is 0.355 bits per heavy atom. The number of rotatable bonds is 9. The van der Waals surface area contributed by atoms with Crippen molar-refractivity contribution in [3.05, 3.63) is 212 Å². The lowest BCUT2D eigenvalue weighted by Crippen LogP contribution is -2.18. The summed E-state index contributed by atoms with van der Waals surface area (Å²) in [6.07, 6.45) is 15.9. The number of benzene rings is 7. The third kappa shape index (κ3) is 6.09. The van der Waals surface area contributed by atoms with Crippen molar-refractivity contribution in [2.45, 2.75) is 19.3 Å². The topological polar surface area (TPSA) is 87.1 Å². The predicted molar refractivity (Wildman–Crippen MR) is 250 cm³/mol. The standard InChI is InChI=1S/C53H39N9/c1-53(2)46-30-39(60(36-14-6-3-7-15-36)48-33-54-24-27-57-48)22-23-40(46)43-31-44-45(32-47(43)53)52(62(38-18-10-5-11-19-38)50-35-56-26-29-59-50)42-21-13-12-20-41(42)51(44)61(37-16-8-4-9-17-37)49-34-55-25-28-58-49/h3-35H,1-2H3. The molecule has 0 saturated carbocycles. The van der Waals surface area contributed by atoms with Gasteiger partial charge in [0.25, 0.3) is 0 Å². The molecule has 11 rings (SSSR count). The molecule has 10 aromatic rings. The van der Waals surface area contributed by atoms with Crippen molar-refractivity contribution in [1.82, 2.24) is 29.9 Å². The number of fused-ring (bicyclic) bond motifs is 5. The Balaban J connectivity index is 1.24. The fraction of sp³-hybridized carbons (Fsp3) is 0.0566. The van der Waals surface area contributed by atoms with Crippen molar-refractivity contribution in [2.75, 3.05) is 14.7 Å². The SMILES string of the molecule is CC1(C)c2cc(N(c3ccccc3)c3cnccn3)ccc2-c2cc3c(N(c4ccccc4)c4cnccn4)c4ccccc4c(N(c4ccccc4)c4cnccn4)c3cc21. The summed E-state index contributed by atoms with van der Waals surface area (Å²) in [7, 11) is 0. The Bertz CT molecular complexity index is 3090. The quantitative estimate of drug-likeness (QED) is 0.105. The average molecular weight is 802 g/mol. The van der Waals surface area contributed by atoms with Crippen LogP contribution in [-0.2, 0) is 5.41 Å². The molecule has 0 unspecified atom stereocenters. The van der Waals surface area contributed by atoms with Crippen molar-refractivity contribution in [3.63, 3.8) is 0 Å². The van der Waals surface area contributed by atoms with Crippen molar-refractivity contribution >= 4 is 73.1 Å². The first-order valence-corrected chi connectivity index (χ1v) is 20.6. The van der Waals surface area contributed by atoms with Gasteiger partial charge in [-0.2, -0.15) is 0 Å². The smallest absolute Gasteiger partial charge is 0.156 e. The van der Waals surface area contributed by atoms with Crippen LogP contribution in [0, 0.1) is 0 Å². The van der Waals surface area contributed by atoms with E-state index in [0.29, 0.717) is 11.6 Å². The molecule has 0 amide bonds. The van der Waals surface area contributed by atoms with Crippen LogP contribution in [0.5, 0.6) is 0 Å². The van der Waals surface area contributed by atoms with E-state index < -0.39 is 5.41 Å². The van der Waals surface area contributed by atoms with E-state index >= 15 is 0 Å². The lowest BCUT2D eigenvalue weighted by atomic mass is 9.81. The maximum Gasteiger partial charge on any atom is 0.156 e. The minimum absolute atomic E-state index is 0.392. The third-order valence-corrected chi connectivity index (χ3v) is 11.8. The number of para-hydroxylation sites is 3. The zero-order chi connectivity index (χ0) is 41.6. The fourth-order valence-corrected chi connectivity index (χ4v) is 9.08. The van der Waals surface area contributed by atoms with Crippen LogP contribution in [0.3, 0.4) is 0 Å². The zero-order valence-electron chi connectivity index (χ0n) is 34.1. The second-order valence-electron chi connectivity index (χ2n) is 15.7. The van der Waals surface area contributed by atoms with Crippen LogP contribution in [0.2, 0.25) is 0 Å². The molecule has 0 spiro atoms. The molecule has 7 aromatic carbocycles. The van der Waals surface area contributed by atoms with Crippen molar-refractivity contribution in [2.24, 2.45) is 0 Å². The van der Waals surface area contributed by atoms with Crippen LogP contribution in [0.25, 0.3) is 32.7 Å². The summed E-state index contributed by atoms with van der Waals surface area (Å²) in [5.74, 6) is 2.17. The molecule has 9 heteroatoms. The van der Waals surface area contributed by atoms with Gasteiger partial charge in [0.1, 0.15) is 0 Å². The Kier molecular flexibility index (Phi) is 8.93. The average Bonchev–Trinajstić information content (AvgIpc) is 3.55. The minimum atomic E-state index is -0.392. The van der Waals surface area contributed by atoms with Gasteiger partial charge in [-0.05, 0) is 82.9 Å². The van der Waals surface area contributed by atoms with Crippen molar-refractivity contribution in [1.29, 1.82) is 0 Å². The molecule has 0 fully saturated rings. The minimum Gasteiger partial charge on any atom is -0.294 e. The van der Waals surface area contributed by atoms with E-state index in [2.05, 4.69) is 171 Å². The molecular weight excluding hydrogens is 763 g/mol. The summed E-state index contributed by atoms with van der Waals surface area (Å²) in [4.78, 5) is 34.9. The number of anilines is 9. The van der Waals surface area contributed by atoms with Gasteiger partial charge in [-0.3, -0.25) is 29.7 Å². The molecule has 0 N–H and O–H groups in total. The lowest BCUT2D eigenvalue weighted by molar-refractivity contribution is 0.661. The van der Waals surface area contributed by atoms with Crippen LogP contribution in [0.15, 0.2) is 201 Å². The molecule has 1 aliphatic rings. The molecule has 1 aliphatic carbocycles. The first kappa shape index (κ1) is 36.8.